The van der Waals surface area contributed by atoms with Crippen LogP contribution in [0.4, 0.5) is 0 Å². The molecule has 1 fully saturated rings. The van der Waals surface area contributed by atoms with Crippen LogP contribution in [0.3, 0.4) is 0 Å². The fraction of sp³-hybridized carbons (Fsp3) is 0.600. The number of nitrogens with zero attached hydrogens (tertiary/aromatic N) is 2. The Morgan fingerprint density at radius 1 is 1.69 bits per heavy atom. The van der Waals surface area contributed by atoms with Gasteiger partial charge in [0, 0.05) is 25.5 Å². The van der Waals surface area contributed by atoms with E-state index < -0.39 is 6.10 Å². The molecule has 1 aliphatic heterocycles. The molecule has 1 aromatic rings. The van der Waals surface area contributed by atoms with E-state index in [1.807, 2.05) is 12.3 Å². The van der Waals surface area contributed by atoms with Crippen LogP contribution in [0.2, 0.25) is 0 Å². The Balaban J connectivity index is 1.68. The zero-order chi connectivity index (χ0) is 11.4. The van der Waals surface area contributed by atoms with Crippen LogP contribution in [0.5, 0.6) is 0 Å². The van der Waals surface area contributed by atoms with Crippen molar-refractivity contribution in [2.24, 2.45) is 0 Å². The minimum Gasteiger partial charge on any atom is -0.392 e. The fourth-order valence-corrected chi connectivity index (χ4v) is 1.77. The molecular weight excluding hydrogens is 208 g/mol. The lowest BCUT2D eigenvalue weighted by Gasteiger charge is -2.10. The van der Waals surface area contributed by atoms with Crippen molar-refractivity contribution in [1.29, 1.82) is 0 Å². The maximum Gasteiger partial charge on any atom is 0.237 e. The maximum absolute atomic E-state index is 11.6. The summed E-state index contributed by atoms with van der Waals surface area (Å²) in [5, 5.41) is 19.1. The zero-order valence-corrected chi connectivity index (χ0v) is 8.97. The van der Waals surface area contributed by atoms with Gasteiger partial charge in [0.25, 0.3) is 0 Å². The van der Waals surface area contributed by atoms with Gasteiger partial charge in [0.15, 0.2) is 0 Å². The first kappa shape index (κ1) is 11.1. The van der Waals surface area contributed by atoms with Crippen molar-refractivity contribution in [2.45, 2.75) is 25.1 Å². The van der Waals surface area contributed by atoms with Gasteiger partial charge < -0.3 is 15.7 Å². The van der Waals surface area contributed by atoms with Gasteiger partial charge in [0.2, 0.25) is 5.91 Å². The van der Waals surface area contributed by atoms with Crippen LogP contribution in [0.1, 0.15) is 6.42 Å². The summed E-state index contributed by atoms with van der Waals surface area (Å²) in [7, 11) is 0. The molecule has 0 spiro atoms. The second kappa shape index (κ2) is 5.09. The third-order valence-corrected chi connectivity index (χ3v) is 2.62. The molecule has 1 amide bonds. The van der Waals surface area contributed by atoms with Crippen molar-refractivity contribution in [3.8, 4) is 0 Å². The van der Waals surface area contributed by atoms with E-state index in [2.05, 4.69) is 15.7 Å². The van der Waals surface area contributed by atoms with Gasteiger partial charge in [0.1, 0.15) is 0 Å². The summed E-state index contributed by atoms with van der Waals surface area (Å²) in [4.78, 5) is 11.6. The molecule has 2 rings (SSSR count). The number of nitrogens with one attached hydrogen (secondary N) is 2. The molecule has 1 saturated heterocycles. The van der Waals surface area contributed by atoms with Crippen LogP contribution in [0, 0.1) is 0 Å². The van der Waals surface area contributed by atoms with E-state index in [0.717, 1.165) is 0 Å². The summed E-state index contributed by atoms with van der Waals surface area (Å²) in [5.41, 5.74) is 0. The Labute approximate surface area is 93.6 Å². The summed E-state index contributed by atoms with van der Waals surface area (Å²) >= 11 is 0. The average molecular weight is 224 g/mol. The third kappa shape index (κ3) is 2.80. The molecule has 0 aliphatic carbocycles. The second-order valence-electron chi connectivity index (χ2n) is 3.91. The first-order chi connectivity index (χ1) is 7.75. The Morgan fingerprint density at radius 3 is 3.19 bits per heavy atom. The number of hydrogen-bond acceptors (Lipinski definition) is 4. The van der Waals surface area contributed by atoms with Gasteiger partial charge in [-0.2, -0.15) is 5.10 Å². The van der Waals surface area contributed by atoms with Crippen molar-refractivity contribution < 1.29 is 9.90 Å². The van der Waals surface area contributed by atoms with E-state index in [-0.39, 0.29) is 11.9 Å². The highest BCUT2D eigenvalue weighted by molar-refractivity contribution is 5.82. The molecule has 1 aromatic heterocycles. The number of aliphatic hydroxyl groups excluding tert-OH is 1. The van der Waals surface area contributed by atoms with Gasteiger partial charge in [-0.25, -0.2) is 0 Å². The number of aromatic nitrogens is 2. The number of aliphatic hydroxyl groups is 1. The van der Waals surface area contributed by atoms with Gasteiger partial charge in [-0.1, -0.05) is 0 Å². The van der Waals surface area contributed by atoms with Crippen LogP contribution < -0.4 is 10.6 Å². The summed E-state index contributed by atoms with van der Waals surface area (Å²) in [6.07, 6.45) is 3.65. The highest BCUT2D eigenvalue weighted by Crippen LogP contribution is 2.05. The number of β-amino-alcohol motifs (C(OH)–C–C–N with tert-alkyl or cyclic N) is 1. The summed E-state index contributed by atoms with van der Waals surface area (Å²) in [6, 6.07) is 1.59. The molecule has 88 valence electrons. The quantitative estimate of drug-likeness (QED) is 0.595. The lowest BCUT2D eigenvalue weighted by molar-refractivity contribution is -0.122. The highest BCUT2D eigenvalue weighted by atomic mass is 16.3. The first-order valence-electron chi connectivity index (χ1n) is 5.42. The number of hydrogen-bond donors (Lipinski definition) is 3. The predicted molar refractivity (Wildman–Crippen MR) is 57.7 cm³/mol. The van der Waals surface area contributed by atoms with Crippen LogP contribution >= 0.6 is 0 Å². The molecule has 2 unspecified atom stereocenters. The SMILES string of the molecule is O=C(NCCn1cccn1)C1CC(O)CN1. The van der Waals surface area contributed by atoms with Crippen LogP contribution in [0.25, 0.3) is 0 Å². The van der Waals surface area contributed by atoms with E-state index in [9.17, 15) is 9.90 Å². The Hall–Kier alpha value is -1.40. The Morgan fingerprint density at radius 2 is 2.56 bits per heavy atom. The largest absolute Gasteiger partial charge is 0.392 e. The average Bonchev–Trinajstić information content (AvgIpc) is 2.89. The molecule has 1 aliphatic rings. The number of rotatable bonds is 4. The molecule has 3 N–H and O–H groups in total. The zero-order valence-electron chi connectivity index (χ0n) is 8.97. The number of carbonyl (C=O) groups excluding carboxylic acids is 1. The molecule has 6 nitrogen and oxygen atoms in total. The monoisotopic (exact) mass is 224 g/mol. The van der Waals surface area contributed by atoms with Gasteiger partial charge in [-0.05, 0) is 12.5 Å². The lowest BCUT2D eigenvalue weighted by atomic mass is 10.2. The molecule has 0 aromatic carbocycles. The van der Waals surface area contributed by atoms with Crippen molar-refractivity contribution >= 4 is 5.91 Å². The third-order valence-electron chi connectivity index (χ3n) is 2.62. The maximum atomic E-state index is 11.6. The van der Waals surface area contributed by atoms with E-state index in [1.165, 1.54) is 0 Å². The molecule has 6 heteroatoms. The highest BCUT2D eigenvalue weighted by Gasteiger charge is 2.27. The molecular formula is C10H16N4O2. The van der Waals surface area contributed by atoms with Gasteiger partial charge in [-0.3, -0.25) is 9.48 Å². The van der Waals surface area contributed by atoms with Crippen molar-refractivity contribution in [3.63, 3.8) is 0 Å². The smallest absolute Gasteiger partial charge is 0.237 e. The molecule has 2 atom stereocenters. The van der Waals surface area contributed by atoms with Crippen LogP contribution in [-0.2, 0) is 11.3 Å². The Bertz CT molecular complexity index is 339. The van der Waals surface area contributed by atoms with Crippen LogP contribution in [0.15, 0.2) is 18.5 Å². The normalized spacial score (nSPS) is 24.6. The van der Waals surface area contributed by atoms with E-state index in [4.69, 9.17) is 0 Å². The molecule has 16 heavy (non-hydrogen) atoms. The second-order valence-corrected chi connectivity index (χ2v) is 3.91. The van der Waals surface area contributed by atoms with E-state index in [1.54, 1.807) is 10.9 Å². The minimum absolute atomic E-state index is 0.0521. The van der Waals surface area contributed by atoms with Gasteiger partial charge >= 0.3 is 0 Å². The van der Waals surface area contributed by atoms with E-state index >= 15 is 0 Å². The minimum atomic E-state index is -0.401. The van der Waals surface area contributed by atoms with Crippen molar-refractivity contribution in [3.05, 3.63) is 18.5 Å². The lowest BCUT2D eigenvalue weighted by Crippen LogP contribution is -2.41. The molecule has 2 heterocycles. The summed E-state index contributed by atoms with van der Waals surface area (Å²) in [6.45, 7) is 1.71. The fourth-order valence-electron chi connectivity index (χ4n) is 1.77. The summed E-state index contributed by atoms with van der Waals surface area (Å²) < 4.78 is 1.76. The van der Waals surface area contributed by atoms with Crippen molar-refractivity contribution in [2.75, 3.05) is 13.1 Å². The standard InChI is InChI=1S/C10H16N4O2/c15-8-6-9(12-7-8)10(16)11-3-5-14-4-1-2-13-14/h1-2,4,8-9,12,15H,3,5-7H2,(H,11,16). The summed E-state index contributed by atoms with van der Waals surface area (Å²) in [5.74, 6) is -0.0521. The van der Waals surface area contributed by atoms with Crippen LogP contribution in [-0.4, -0.2) is 46.0 Å². The van der Waals surface area contributed by atoms with Crippen molar-refractivity contribution in [1.82, 2.24) is 20.4 Å². The topological polar surface area (TPSA) is 79.2 Å². The predicted octanol–water partition coefficient (Wildman–Crippen LogP) is -1.28. The van der Waals surface area contributed by atoms with E-state index in [0.29, 0.717) is 26.1 Å². The molecule has 0 bridgehead atoms. The van der Waals surface area contributed by atoms with Gasteiger partial charge in [-0.15, -0.1) is 0 Å². The first-order valence-corrected chi connectivity index (χ1v) is 5.42. The molecule has 0 radical (unpaired) electrons. The Kier molecular flexibility index (Phi) is 3.53. The van der Waals surface area contributed by atoms with Gasteiger partial charge in [0.05, 0.1) is 18.7 Å². The molecule has 0 saturated carbocycles. The number of amides is 1. The number of carbonyl (C=O) groups is 1.